The topological polar surface area (TPSA) is 55.1 Å². The van der Waals surface area contributed by atoms with Crippen LogP contribution in [0.2, 0.25) is 0 Å². The number of hydrogen-bond donors (Lipinski definition) is 2. The van der Waals surface area contributed by atoms with Gasteiger partial charge in [-0.1, -0.05) is 26.0 Å². The van der Waals surface area contributed by atoms with Crippen LogP contribution < -0.4 is 11.1 Å². The Morgan fingerprint density at radius 2 is 1.83 bits per heavy atom. The third-order valence-corrected chi connectivity index (χ3v) is 2.93. The standard InChI is InChI=1S/C18H21F3N2O/c1-4-5-14(6-11(2)3)23-18(24)9-13(22)7-12-8-16(20)17(21)10-15(12)19/h4-6,8-11H,7,22H2,1-3H3,(H,23,24)/b5-4-,13-9-,14-6+. The Balaban J connectivity index is 2.85. The summed E-state index contributed by atoms with van der Waals surface area (Å²) in [5.41, 5.74) is 6.21. The first-order chi connectivity index (χ1) is 11.2. The number of nitrogens with two attached hydrogens (primary N) is 1. The van der Waals surface area contributed by atoms with Crippen LogP contribution in [-0.4, -0.2) is 5.91 Å². The minimum atomic E-state index is -1.27. The molecule has 1 amide bonds. The number of carbonyl (C=O) groups is 1. The van der Waals surface area contributed by atoms with Gasteiger partial charge in [0.1, 0.15) is 5.82 Å². The first kappa shape index (κ1) is 19.5. The van der Waals surface area contributed by atoms with Crippen molar-refractivity contribution in [2.75, 3.05) is 0 Å². The van der Waals surface area contributed by atoms with Crippen molar-refractivity contribution in [2.45, 2.75) is 27.2 Å². The SMILES string of the molecule is C/C=C\C(=C/C(C)C)NC(=O)/C=C(\N)Cc1cc(F)c(F)cc1F. The van der Waals surface area contributed by atoms with E-state index in [1.54, 1.807) is 12.2 Å². The summed E-state index contributed by atoms with van der Waals surface area (Å²) in [5.74, 6) is -3.61. The Bertz CT molecular complexity index is 692. The monoisotopic (exact) mass is 338 g/mol. The molecule has 0 aliphatic carbocycles. The van der Waals surface area contributed by atoms with Crippen LogP contribution in [0, 0.1) is 23.4 Å². The summed E-state index contributed by atoms with van der Waals surface area (Å²) in [4.78, 5) is 11.9. The molecular formula is C18H21F3N2O. The van der Waals surface area contributed by atoms with Crippen molar-refractivity contribution in [1.29, 1.82) is 0 Å². The summed E-state index contributed by atoms with van der Waals surface area (Å²) in [6, 6.07) is 1.18. The quantitative estimate of drug-likeness (QED) is 0.472. The van der Waals surface area contributed by atoms with Crippen molar-refractivity contribution in [2.24, 2.45) is 11.7 Å². The molecule has 0 radical (unpaired) electrons. The molecule has 1 aromatic carbocycles. The molecule has 0 aliphatic heterocycles. The van der Waals surface area contributed by atoms with Crippen LogP contribution >= 0.6 is 0 Å². The Kier molecular flexibility index (Phi) is 7.30. The summed E-state index contributed by atoms with van der Waals surface area (Å²) in [5, 5.41) is 2.65. The van der Waals surface area contributed by atoms with Crippen LogP contribution in [0.25, 0.3) is 0 Å². The van der Waals surface area contributed by atoms with Gasteiger partial charge in [-0.15, -0.1) is 0 Å². The molecule has 0 bridgehead atoms. The molecule has 3 N–H and O–H groups in total. The molecular weight excluding hydrogens is 317 g/mol. The third-order valence-electron chi connectivity index (χ3n) is 2.93. The summed E-state index contributed by atoms with van der Waals surface area (Å²) >= 11 is 0. The number of allylic oxidation sites excluding steroid dienone is 4. The van der Waals surface area contributed by atoms with Crippen LogP contribution in [0.4, 0.5) is 13.2 Å². The highest BCUT2D eigenvalue weighted by molar-refractivity contribution is 5.89. The molecule has 0 unspecified atom stereocenters. The lowest BCUT2D eigenvalue weighted by Gasteiger charge is -2.07. The minimum absolute atomic E-state index is 0.0294. The van der Waals surface area contributed by atoms with E-state index >= 15 is 0 Å². The summed E-state index contributed by atoms with van der Waals surface area (Å²) in [6.07, 6.45) is 6.26. The lowest BCUT2D eigenvalue weighted by Crippen LogP contribution is -2.21. The van der Waals surface area contributed by atoms with Crippen LogP contribution in [0.15, 0.2) is 47.8 Å². The van der Waals surface area contributed by atoms with Gasteiger partial charge in [0.05, 0.1) is 0 Å². The Hall–Kier alpha value is -2.50. The number of nitrogens with one attached hydrogen (secondary N) is 1. The second-order valence-corrected chi connectivity index (χ2v) is 5.61. The highest BCUT2D eigenvalue weighted by Gasteiger charge is 2.11. The largest absolute Gasteiger partial charge is 0.402 e. The van der Waals surface area contributed by atoms with Gasteiger partial charge in [-0.2, -0.15) is 0 Å². The van der Waals surface area contributed by atoms with E-state index in [9.17, 15) is 18.0 Å². The van der Waals surface area contributed by atoms with Gasteiger partial charge in [0, 0.05) is 30.0 Å². The van der Waals surface area contributed by atoms with Gasteiger partial charge in [-0.25, -0.2) is 13.2 Å². The fourth-order valence-corrected chi connectivity index (χ4v) is 1.99. The summed E-state index contributed by atoms with van der Waals surface area (Å²) < 4.78 is 39.6. The number of rotatable bonds is 6. The lowest BCUT2D eigenvalue weighted by molar-refractivity contribution is -0.115. The Morgan fingerprint density at radius 1 is 1.21 bits per heavy atom. The van der Waals surface area contributed by atoms with Crippen molar-refractivity contribution in [3.8, 4) is 0 Å². The van der Waals surface area contributed by atoms with Crippen molar-refractivity contribution in [1.82, 2.24) is 5.32 Å². The highest BCUT2D eigenvalue weighted by atomic mass is 19.2. The van der Waals surface area contributed by atoms with E-state index in [1.165, 1.54) is 0 Å². The molecule has 1 rings (SSSR count). The first-order valence-corrected chi connectivity index (χ1v) is 7.47. The van der Waals surface area contributed by atoms with Crippen LogP contribution in [-0.2, 0) is 11.2 Å². The Morgan fingerprint density at radius 3 is 2.42 bits per heavy atom. The summed E-state index contributed by atoms with van der Waals surface area (Å²) in [7, 11) is 0. The first-order valence-electron chi connectivity index (χ1n) is 7.47. The molecule has 0 aromatic heterocycles. The van der Waals surface area contributed by atoms with Crippen LogP contribution in [0.3, 0.4) is 0 Å². The van der Waals surface area contributed by atoms with E-state index in [0.29, 0.717) is 11.8 Å². The van der Waals surface area contributed by atoms with Gasteiger partial charge in [0.2, 0.25) is 5.91 Å². The molecule has 0 atom stereocenters. The number of carbonyl (C=O) groups excluding carboxylic acids is 1. The zero-order valence-corrected chi connectivity index (χ0v) is 13.9. The maximum absolute atomic E-state index is 13.6. The zero-order chi connectivity index (χ0) is 18.3. The molecule has 24 heavy (non-hydrogen) atoms. The van der Waals surface area contributed by atoms with Gasteiger partial charge >= 0.3 is 0 Å². The van der Waals surface area contributed by atoms with E-state index in [0.717, 1.165) is 12.1 Å². The van der Waals surface area contributed by atoms with Gasteiger partial charge in [-0.3, -0.25) is 4.79 Å². The smallest absolute Gasteiger partial charge is 0.250 e. The molecule has 3 nitrogen and oxygen atoms in total. The maximum atomic E-state index is 13.6. The van der Waals surface area contributed by atoms with Crippen molar-refractivity contribution >= 4 is 5.91 Å². The molecule has 0 spiro atoms. The highest BCUT2D eigenvalue weighted by Crippen LogP contribution is 2.15. The maximum Gasteiger partial charge on any atom is 0.250 e. The molecule has 0 aliphatic rings. The van der Waals surface area contributed by atoms with E-state index in [1.807, 2.05) is 26.8 Å². The second-order valence-electron chi connectivity index (χ2n) is 5.61. The number of amides is 1. The molecule has 0 fully saturated rings. The molecule has 0 saturated heterocycles. The summed E-state index contributed by atoms with van der Waals surface area (Å²) in [6.45, 7) is 5.74. The van der Waals surface area contributed by atoms with Gasteiger partial charge in [0.25, 0.3) is 0 Å². The average molecular weight is 338 g/mol. The number of benzene rings is 1. The van der Waals surface area contributed by atoms with E-state index in [-0.39, 0.29) is 23.6 Å². The third kappa shape index (κ3) is 6.32. The average Bonchev–Trinajstić information content (AvgIpc) is 2.44. The van der Waals surface area contributed by atoms with Gasteiger partial charge < -0.3 is 11.1 Å². The van der Waals surface area contributed by atoms with E-state index < -0.39 is 23.4 Å². The predicted molar refractivity (Wildman–Crippen MR) is 88.2 cm³/mol. The van der Waals surface area contributed by atoms with Crippen molar-refractivity contribution < 1.29 is 18.0 Å². The van der Waals surface area contributed by atoms with Gasteiger partial charge in [-0.05, 0) is 30.5 Å². The van der Waals surface area contributed by atoms with Crippen LogP contribution in [0.5, 0.6) is 0 Å². The Labute approximate surface area is 139 Å². The molecule has 130 valence electrons. The molecule has 1 aromatic rings. The van der Waals surface area contributed by atoms with Crippen molar-refractivity contribution in [3.63, 3.8) is 0 Å². The fraction of sp³-hybridized carbons (Fsp3) is 0.278. The normalized spacial score (nSPS) is 13.0. The number of hydrogen-bond acceptors (Lipinski definition) is 2. The second kappa shape index (κ2) is 8.96. The molecule has 0 saturated carbocycles. The predicted octanol–water partition coefficient (Wildman–Crippen LogP) is 3.72. The number of halogens is 3. The minimum Gasteiger partial charge on any atom is -0.402 e. The molecule has 0 heterocycles. The molecule has 6 heteroatoms. The van der Waals surface area contributed by atoms with E-state index in [4.69, 9.17) is 5.73 Å². The van der Waals surface area contributed by atoms with Gasteiger partial charge in [0.15, 0.2) is 11.6 Å². The van der Waals surface area contributed by atoms with E-state index in [2.05, 4.69) is 5.32 Å². The van der Waals surface area contributed by atoms with Crippen molar-refractivity contribution in [3.05, 3.63) is 70.8 Å². The van der Waals surface area contributed by atoms with Crippen LogP contribution in [0.1, 0.15) is 26.3 Å². The lowest BCUT2D eigenvalue weighted by atomic mass is 10.1. The zero-order valence-electron chi connectivity index (χ0n) is 13.9. The fourth-order valence-electron chi connectivity index (χ4n) is 1.99.